The molecule has 2 N–H and O–H groups in total. The van der Waals surface area contributed by atoms with Gasteiger partial charge in [-0.25, -0.2) is 0 Å². The molecule has 1 aliphatic rings. The highest BCUT2D eigenvalue weighted by molar-refractivity contribution is 5.29. The minimum absolute atomic E-state index is 0.221. The minimum atomic E-state index is 0.221. The zero-order chi connectivity index (χ0) is 15.4. The molecule has 0 bridgehead atoms. The summed E-state index contributed by atoms with van der Waals surface area (Å²) in [6.07, 6.45) is 2.71. The van der Waals surface area contributed by atoms with Crippen molar-refractivity contribution in [1.29, 1.82) is 0 Å². The third kappa shape index (κ3) is 4.21. The highest BCUT2D eigenvalue weighted by atomic mass is 16.5. The number of nitrogens with two attached hydrogens (primary N) is 1. The first kappa shape index (κ1) is 16.3. The summed E-state index contributed by atoms with van der Waals surface area (Å²) in [5.41, 5.74) is 7.34. The van der Waals surface area contributed by atoms with E-state index in [0.29, 0.717) is 12.1 Å². The molecule has 1 saturated heterocycles. The van der Waals surface area contributed by atoms with E-state index >= 15 is 0 Å². The fourth-order valence-corrected chi connectivity index (χ4v) is 3.30. The Morgan fingerprint density at radius 3 is 2.48 bits per heavy atom. The van der Waals surface area contributed by atoms with Crippen molar-refractivity contribution in [2.75, 3.05) is 13.1 Å². The van der Waals surface area contributed by atoms with E-state index in [4.69, 9.17) is 10.5 Å². The standard InChI is InChI=1S/C18H30N2O/c1-13(2)21-18-7-5-16(6-8-18)15(4)20-10-9-14(3)11-17(20)12-19/h5-8,13-15,17H,9-12,19H2,1-4H3. The lowest BCUT2D eigenvalue weighted by Crippen LogP contribution is -2.47. The number of hydrogen-bond donors (Lipinski definition) is 1. The van der Waals surface area contributed by atoms with Crippen molar-refractivity contribution in [2.45, 2.75) is 58.7 Å². The Bertz CT molecular complexity index is 429. The molecule has 3 nitrogen and oxygen atoms in total. The molecule has 0 spiro atoms. The molecule has 0 saturated carbocycles. The summed E-state index contributed by atoms with van der Waals surface area (Å²) in [4.78, 5) is 2.57. The molecule has 21 heavy (non-hydrogen) atoms. The van der Waals surface area contributed by atoms with E-state index in [1.165, 1.54) is 18.4 Å². The van der Waals surface area contributed by atoms with Gasteiger partial charge in [-0.15, -0.1) is 0 Å². The van der Waals surface area contributed by atoms with E-state index in [-0.39, 0.29) is 6.10 Å². The quantitative estimate of drug-likeness (QED) is 0.900. The van der Waals surface area contributed by atoms with Crippen molar-refractivity contribution in [3.63, 3.8) is 0 Å². The van der Waals surface area contributed by atoms with Crippen LogP contribution in [0.25, 0.3) is 0 Å². The third-order valence-electron chi connectivity index (χ3n) is 4.53. The van der Waals surface area contributed by atoms with Crippen molar-refractivity contribution in [3.8, 4) is 5.75 Å². The summed E-state index contributed by atoms with van der Waals surface area (Å²) in [7, 11) is 0. The van der Waals surface area contributed by atoms with E-state index in [1.54, 1.807) is 0 Å². The Labute approximate surface area is 129 Å². The van der Waals surface area contributed by atoms with Gasteiger partial charge in [-0.2, -0.15) is 0 Å². The first-order valence-corrected chi connectivity index (χ1v) is 8.23. The summed E-state index contributed by atoms with van der Waals surface area (Å²) >= 11 is 0. The van der Waals surface area contributed by atoms with Crippen molar-refractivity contribution in [3.05, 3.63) is 29.8 Å². The largest absolute Gasteiger partial charge is 0.491 e. The summed E-state index contributed by atoms with van der Waals surface area (Å²) in [5, 5.41) is 0. The molecule has 1 aromatic rings. The van der Waals surface area contributed by atoms with Gasteiger partial charge in [0.1, 0.15) is 5.75 Å². The Morgan fingerprint density at radius 2 is 1.90 bits per heavy atom. The molecule has 1 fully saturated rings. The van der Waals surface area contributed by atoms with Crippen LogP contribution in [0.1, 0.15) is 52.1 Å². The summed E-state index contributed by atoms with van der Waals surface area (Å²) < 4.78 is 5.72. The first-order chi connectivity index (χ1) is 10.0. The predicted octanol–water partition coefficient (Wildman–Crippen LogP) is 3.59. The molecule has 0 amide bonds. The van der Waals surface area contributed by atoms with E-state index < -0.39 is 0 Å². The lowest BCUT2D eigenvalue weighted by molar-refractivity contribution is 0.0834. The highest BCUT2D eigenvalue weighted by Gasteiger charge is 2.29. The molecule has 0 aliphatic carbocycles. The second-order valence-electron chi connectivity index (χ2n) is 6.67. The summed E-state index contributed by atoms with van der Waals surface area (Å²) in [5.74, 6) is 1.74. The number of nitrogens with zero attached hydrogens (tertiary/aromatic N) is 1. The number of piperidine rings is 1. The van der Waals surface area contributed by atoms with Gasteiger partial charge >= 0.3 is 0 Å². The van der Waals surface area contributed by atoms with Crippen LogP contribution in [-0.2, 0) is 0 Å². The fourth-order valence-electron chi connectivity index (χ4n) is 3.30. The van der Waals surface area contributed by atoms with Crippen LogP contribution < -0.4 is 10.5 Å². The average Bonchev–Trinajstić information content (AvgIpc) is 2.46. The van der Waals surface area contributed by atoms with E-state index in [1.807, 2.05) is 0 Å². The zero-order valence-electron chi connectivity index (χ0n) is 13.9. The van der Waals surface area contributed by atoms with Crippen LogP contribution in [0.4, 0.5) is 0 Å². The van der Waals surface area contributed by atoms with E-state index in [2.05, 4.69) is 56.9 Å². The van der Waals surface area contributed by atoms with E-state index in [9.17, 15) is 0 Å². The third-order valence-corrected chi connectivity index (χ3v) is 4.53. The van der Waals surface area contributed by atoms with Gasteiger partial charge in [0.05, 0.1) is 6.10 Å². The fraction of sp³-hybridized carbons (Fsp3) is 0.667. The normalized spacial score (nSPS) is 25.0. The van der Waals surface area contributed by atoms with Crippen LogP contribution in [0.2, 0.25) is 0 Å². The van der Waals surface area contributed by atoms with Gasteiger partial charge in [0, 0.05) is 18.6 Å². The maximum Gasteiger partial charge on any atom is 0.119 e. The van der Waals surface area contributed by atoms with Crippen LogP contribution >= 0.6 is 0 Å². The van der Waals surface area contributed by atoms with Crippen molar-refractivity contribution >= 4 is 0 Å². The first-order valence-electron chi connectivity index (χ1n) is 8.23. The topological polar surface area (TPSA) is 38.5 Å². The molecule has 3 heteroatoms. The summed E-state index contributed by atoms with van der Waals surface area (Å²) in [6, 6.07) is 9.46. The van der Waals surface area contributed by atoms with E-state index in [0.717, 1.165) is 24.8 Å². The van der Waals surface area contributed by atoms with Crippen molar-refractivity contribution in [2.24, 2.45) is 11.7 Å². The lowest BCUT2D eigenvalue weighted by Gasteiger charge is -2.42. The molecular weight excluding hydrogens is 260 g/mol. The molecule has 3 unspecified atom stereocenters. The lowest BCUT2D eigenvalue weighted by atomic mass is 9.90. The Hall–Kier alpha value is -1.06. The van der Waals surface area contributed by atoms with Gasteiger partial charge in [0.2, 0.25) is 0 Å². The minimum Gasteiger partial charge on any atom is -0.491 e. The second kappa shape index (κ2) is 7.28. The van der Waals surface area contributed by atoms with Crippen LogP contribution in [0.3, 0.4) is 0 Å². The Balaban J connectivity index is 2.06. The van der Waals surface area contributed by atoms with Crippen molar-refractivity contribution < 1.29 is 4.74 Å². The highest BCUT2D eigenvalue weighted by Crippen LogP contribution is 2.31. The maximum absolute atomic E-state index is 5.99. The van der Waals surface area contributed by atoms with Crippen LogP contribution in [0.15, 0.2) is 24.3 Å². The molecule has 0 aromatic heterocycles. The smallest absolute Gasteiger partial charge is 0.119 e. The predicted molar refractivity (Wildman–Crippen MR) is 88.6 cm³/mol. The number of likely N-dealkylation sites (tertiary alicyclic amines) is 1. The van der Waals surface area contributed by atoms with Gasteiger partial charge in [0.15, 0.2) is 0 Å². The Morgan fingerprint density at radius 1 is 1.24 bits per heavy atom. The van der Waals surface area contributed by atoms with Crippen LogP contribution in [0, 0.1) is 5.92 Å². The number of hydrogen-bond acceptors (Lipinski definition) is 3. The monoisotopic (exact) mass is 290 g/mol. The number of benzene rings is 1. The van der Waals surface area contributed by atoms with Crippen LogP contribution in [-0.4, -0.2) is 30.1 Å². The molecule has 118 valence electrons. The number of ether oxygens (including phenoxy) is 1. The molecule has 2 rings (SSSR count). The average molecular weight is 290 g/mol. The van der Waals surface area contributed by atoms with Gasteiger partial charge in [-0.1, -0.05) is 19.1 Å². The van der Waals surface area contributed by atoms with Gasteiger partial charge in [0.25, 0.3) is 0 Å². The molecular formula is C18H30N2O. The molecule has 3 atom stereocenters. The number of rotatable bonds is 5. The second-order valence-corrected chi connectivity index (χ2v) is 6.67. The molecule has 1 heterocycles. The molecule has 1 aliphatic heterocycles. The molecule has 0 radical (unpaired) electrons. The van der Waals surface area contributed by atoms with Crippen molar-refractivity contribution in [1.82, 2.24) is 4.90 Å². The zero-order valence-corrected chi connectivity index (χ0v) is 13.9. The maximum atomic E-state index is 5.99. The van der Waals surface area contributed by atoms with Gasteiger partial charge in [-0.3, -0.25) is 4.90 Å². The Kier molecular flexibility index (Phi) is 5.65. The SMILES string of the molecule is CC1CCN(C(C)c2ccc(OC(C)C)cc2)C(CN)C1. The van der Waals surface area contributed by atoms with Gasteiger partial charge < -0.3 is 10.5 Å². The summed E-state index contributed by atoms with van der Waals surface area (Å²) in [6.45, 7) is 10.6. The molecule has 1 aromatic carbocycles. The van der Waals surface area contributed by atoms with Gasteiger partial charge in [-0.05, 0) is 63.8 Å². The van der Waals surface area contributed by atoms with Crippen LogP contribution in [0.5, 0.6) is 5.75 Å².